The van der Waals surface area contributed by atoms with Crippen molar-refractivity contribution in [3.05, 3.63) is 51.7 Å². The third-order valence-corrected chi connectivity index (χ3v) is 11.1. The number of thiophene rings is 1. The maximum Gasteiger partial charge on any atom is 0.415 e. The van der Waals surface area contributed by atoms with E-state index in [1.165, 1.54) is 56.9 Å². The summed E-state index contributed by atoms with van der Waals surface area (Å²) >= 11 is 1.59. The molecule has 2 aliphatic heterocycles. The summed E-state index contributed by atoms with van der Waals surface area (Å²) in [6, 6.07) is 9.03. The minimum atomic E-state index is -0.785. The summed E-state index contributed by atoms with van der Waals surface area (Å²) in [5.41, 5.74) is 2.20. The molecule has 9 nitrogen and oxygen atoms in total. The smallest absolute Gasteiger partial charge is 0.410 e. The number of hydrogen-bond donors (Lipinski definition) is 3. The van der Waals surface area contributed by atoms with Gasteiger partial charge < -0.3 is 30.5 Å². The summed E-state index contributed by atoms with van der Waals surface area (Å²) in [6.45, 7) is 2.69. The topological polar surface area (TPSA) is 103 Å². The van der Waals surface area contributed by atoms with Crippen molar-refractivity contribution in [1.29, 1.82) is 0 Å². The van der Waals surface area contributed by atoms with Gasteiger partial charge in [0.1, 0.15) is 11.8 Å². The van der Waals surface area contributed by atoms with Gasteiger partial charge in [-0.25, -0.2) is 4.79 Å². The Morgan fingerprint density at radius 3 is 2.56 bits per heavy atom. The molecule has 3 fully saturated rings. The molecule has 3 amide bonds. The number of nitrogens with zero attached hydrogens (tertiary/aromatic N) is 2. The fourth-order valence-corrected chi connectivity index (χ4v) is 8.27. The van der Waals surface area contributed by atoms with E-state index < -0.39 is 12.1 Å². The van der Waals surface area contributed by atoms with Crippen LogP contribution < -0.4 is 20.7 Å². The second-order valence-electron chi connectivity index (χ2n) is 13.3. The number of amides is 3. The van der Waals surface area contributed by atoms with Gasteiger partial charge in [0, 0.05) is 36.1 Å². The number of rotatable bonds is 9. The van der Waals surface area contributed by atoms with Gasteiger partial charge in [0.25, 0.3) is 0 Å². The maximum absolute atomic E-state index is 14.5. The van der Waals surface area contributed by atoms with Gasteiger partial charge in [-0.3, -0.25) is 9.59 Å². The van der Waals surface area contributed by atoms with Gasteiger partial charge in [-0.1, -0.05) is 69.6 Å². The van der Waals surface area contributed by atoms with E-state index in [2.05, 4.69) is 22.0 Å². The van der Waals surface area contributed by atoms with Crippen molar-refractivity contribution in [3.63, 3.8) is 0 Å². The van der Waals surface area contributed by atoms with Crippen LogP contribution in [-0.4, -0.2) is 72.0 Å². The number of piperazine rings is 1. The number of ether oxygens (including phenoxy) is 1. The summed E-state index contributed by atoms with van der Waals surface area (Å²) in [4.78, 5) is 46.2. The van der Waals surface area contributed by atoms with Crippen molar-refractivity contribution in [1.82, 2.24) is 25.8 Å². The summed E-state index contributed by atoms with van der Waals surface area (Å²) in [7, 11) is 0. The standard InChI is InChI=1S/C35H49N5O4S/c41-33(37-22-28-14-8-20-45-28)31-24-39(35(43)44-32-15-7-11-26-16-17-36-23-29(26)32)18-19-40(31)34(42)30(21-25-9-3-1-4-10-25)38-27-12-5-2-6-13-27/h7-8,11,14-15,20,25,27,30-31,36,38H,1-6,9-10,12-13,16-19,21-24H2,(H,37,41)/t30?,31-/m0/s1. The van der Waals surface area contributed by atoms with Crippen LogP contribution in [-0.2, 0) is 29.1 Å². The van der Waals surface area contributed by atoms with Crippen LogP contribution in [0.15, 0.2) is 35.7 Å². The van der Waals surface area contributed by atoms with Crippen molar-refractivity contribution in [2.24, 2.45) is 5.92 Å². The van der Waals surface area contributed by atoms with Gasteiger partial charge >= 0.3 is 6.09 Å². The average molecular weight is 636 g/mol. The fourth-order valence-electron chi connectivity index (χ4n) is 7.63. The van der Waals surface area contributed by atoms with Gasteiger partial charge in [0.2, 0.25) is 11.8 Å². The Bertz CT molecular complexity index is 1270. The Hall–Kier alpha value is -2.95. The Morgan fingerprint density at radius 1 is 0.978 bits per heavy atom. The van der Waals surface area contributed by atoms with Crippen LogP contribution in [0.2, 0.25) is 0 Å². The first-order chi connectivity index (χ1) is 22.0. The van der Waals surface area contributed by atoms with E-state index in [-0.39, 0.29) is 24.4 Å². The molecule has 1 saturated heterocycles. The molecule has 1 aromatic heterocycles. The molecule has 6 rings (SSSR count). The largest absolute Gasteiger partial charge is 0.415 e. The van der Waals surface area contributed by atoms with Crippen LogP contribution in [0.25, 0.3) is 0 Å². The predicted octanol–water partition coefficient (Wildman–Crippen LogP) is 4.98. The van der Waals surface area contributed by atoms with Crippen LogP contribution in [0.5, 0.6) is 5.75 Å². The molecular weight excluding hydrogens is 586 g/mol. The van der Waals surface area contributed by atoms with Crippen molar-refractivity contribution >= 4 is 29.2 Å². The lowest BCUT2D eigenvalue weighted by Gasteiger charge is -2.42. The van der Waals surface area contributed by atoms with Gasteiger partial charge in [-0.2, -0.15) is 0 Å². The van der Waals surface area contributed by atoms with Gasteiger partial charge in [0.15, 0.2) is 0 Å². The molecule has 1 aromatic carbocycles. The summed E-state index contributed by atoms with van der Waals surface area (Å²) < 4.78 is 5.94. The highest BCUT2D eigenvalue weighted by Crippen LogP contribution is 2.30. The Kier molecular flexibility index (Phi) is 11.1. The number of hydrogen-bond acceptors (Lipinski definition) is 7. The van der Waals surface area contributed by atoms with Crippen molar-refractivity contribution < 1.29 is 19.1 Å². The molecule has 3 N–H and O–H groups in total. The molecule has 2 saturated carbocycles. The third kappa shape index (κ3) is 8.26. The SMILES string of the molecule is O=C(NCc1cccs1)[C@@H]1CN(C(=O)Oc2cccc3c2CNCC3)CCN1C(=O)C(CC1CCCCC1)NC1CCCCC1. The summed E-state index contributed by atoms with van der Waals surface area (Å²) in [5, 5.41) is 12.2. The van der Waals surface area contributed by atoms with E-state index in [1.807, 2.05) is 29.6 Å². The highest BCUT2D eigenvalue weighted by Gasteiger charge is 2.41. The highest BCUT2D eigenvalue weighted by atomic mass is 32.1. The summed E-state index contributed by atoms with van der Waals surface area (Å²) in [5.74, 6) is 0.854. The minimum absolute atomic E-state index is 0.00126. The number of carbonyl (C=O) groups is 3. The Labute approximate surface area is 271 Å². The number of nitrogens with one attached hydrogen (secondary N) is 3. The first-order valence-corrected chi connectivity index (χ1v) is 18.1. The zero-order chi connectivity index (χ0) is 31.0. The molecule has 3 heterocycles. The Balaban J connectivity index is 1.19. The van der Waals surface area contributed by atoms with Gasteiger partial charge in [-0.05, 0) is 61.2 Å². The molecule has 2 aromatic rings. The maximum atomic E-state index is 14.5. The monoisotopic (exact) mass is 635 g/mol. The second kappa shape index (κ2) is 15.6. The molecule has 0 spiro atoms. The van der Waals surface area contributed by atoms with Crippen molar-refractivity contribution in [2.75, 3.05) is 26.2 Å². The zero-order valence-corrected chi connectivity index (χ0v) is 27.3. The lowest BCUT2D eigenvalue weighted by molar-refractivity contribution is -0.145. The third-order valence-electron chi connectivity index (χ3n) is 10.2. The molecule has 45 heavy (non-hydrogen) atoms. The molecule has 1 unspecified atom stereocenters. The van der Waals surface area contributed by atoms with Crippen LogP contribution in [0, 0.1) is 5.92 Å². The predicted molar refractivity (Wildman–Crippen MR) is 176 cm³/mol. The quantitative estimate of drug-likeness (QED) is 0.359. The lowest BCUT2D eigenvalue weighted by atomic mass is 9.83. The molecule has 2 aliphatic carbocycles. The van der Waals surface area contributed by atoms with Crippen LogP contribution >= 0.6 is 11.3 Å². The number of carbonyl (C=O) groups excluding carboxylic acids is 3. The van der Waals surface area contributed by atoms with E-state index in [4.69, 9.17) is 4.74 Å². The summed E-state index contributed by atoms with van der Waals surface area (Å²) in [6.07, 6.45) is 13.1. The van der Waals surface area contributed by atoms with Crippen molar-refractivity contribution in [3.8, 4) is 5.75 Å². The number of fused-ring (bicyclic) bond motifs is 1. The molecule has 0 bridgehead atoms. The normalized spacial score (nSPS) is 22.0. The van der Waals surface area contributed by atoms with Gasteiger partial charge in [0.05, 0.1) is 19.1 Å². The second-order valence-corrected chi connectivity index (χ2v) is 14.3. The number of benzene rings is 1. The average Bonchev–Trinajstić information content (AvgIpc) is 3.61. The molecule has 10 heteroatoms. The van der Waals surface area contributed by atoms with Crippen LogP contribution in [0.3, 0.4) is 0 Å². The van der Waals surface area contributed by atoms with Gasteiger partial charge in [-0.15, -0.1) is 11.3 Å². The molecule has 2 atom stereocenters. The van der Waals surface area contributed by atoms with Crippen LogP contribution in [0.4, 0.5) is 4.79 Å². The van der Waals surface area contributed by atoms with E-state index >= 15 is 0 Å². The lowest BCUT2D eigenvalue weighted by Crippen LogP contribution is -2.64. The molecule has 0 radical (unpaired) electrons. The molecule has 4 aliphatic rings. The molecular formula is C35H49N5O4S. The van der Waals surface area contributed by atoms with E-state index in [0.29, 0.717) is 43.9 Å². The van der Waals surface area contributed by atoms with E-state index in [0.717, 1.165) is 42.7 Å². The van der Waals surface area contributed by atoms with E-state index in [9.17, 15) is 14.4 Å². The Morgan fingerprint density at radius 2 is 1.78 bits per heavy atom. The zero-order valence-electron chi connectivity index (χ0n) is 26.4. The molecule has 244 valence electrons. The van der Waals surface area contributed by atoms with Crippen molar-refractivity contribution in [2.45, 2.75) is 108 Å². The highest BCUT2D eigenvalue weighted by molar-refractivity contribution is 7.09. The first-order valence-electron chi connectivity index (χ1n) is 17.2. The minimum Gasteiger partial charge on any atom is -0.410 e. The fraction of sp³-hybridized carbons (Fsp3) is 0.629. The van der Waals surface area contributed by atoms with Crippen LogP contribution in [0.1, 0.15) is 86.6 Å². The first kappa shape index (κ1) is 32.0. The van der Waals surface area contributed by atoms with E-state index in [1.54, 1.807) is 21.1 Å².